The number of nitrogens with zero attached hydrogens (tertiary/aromatic N) is 2. The zero-order valence-electron chi connectivity index (χ0n) is 11.5. The van der Waals surface area contributed by atoms with Crippen molar-refractivity contribution in [1.29, 1.82) is 0 Å². The molecule has 6 nitrogen and oxygen atoms in total. The number of amides is 1. The highest BCUT2D eigenvalue weighted by molar-refractivity contribution is 6.33. The average molecular weight is 298 g/mol. The van der Waals surface area contributed by atoms with Crippen molar-refractivity contribution in [3.8, 4) is 0 Å². The highest BCUT2D eigenvalue weighted by Crippen LogP contribution is 2.17. The van der Waals surface area contributed by atoms with E-state index in [2.05, 4.69) is 27.6 Å². The fourth-order valence-corrected chi connectivity index (χ4v) is 2.56. The van der Waals surface area contributed by atoms with Gasteiger partial charge in [-0.2, -0.15) is 0 Å². The third-order valence-electron chi connectivity index (χ3n) is 3.58. The molecule has 0 aliphatic carbocycles. The average Bonchev–Trinajstić information content (AvgIpc) is 2.93. The second-order valence-corrected chi connectivity index (χ2v) is 5.34. The van der Waals surface area contributed by atoms with Gasteiger partial charge in [0.15, 0.2) is 0 Å². The van der Waals surface area contributed by atoms with E-state index in [4.69, 9.17) is 17.4 Å². The van der Waals surface area contributed by atoms with Crippen LogP contribution >= 0.6 is 11.6 Å². The van der Waals surface area contributed by atoms with Crippen molar-refractivity contribution in [2.45, 2.75) is 13.3 Å². The molecule has 1 unspecified atom stereocenters. The molecule has 1 aliphatic heterocycles. The van der Waals surface area contributed by atoms with Crippen LogP contribution < -0.4 is 16.6 Å². The molecule has 1 fully saturated rings. The molecule has 20 heavy (non-hydrogen) atoms. The number of nitrogens with two attached hydrogens (primary N) is 1. The predicted octanol–water partition coefficient (Wildman–Crippen LogP) is 1.09. The maximum atomic E-state index is 12.1. The van der Waals surface area contributed by atoms with E-state index in [1.54, 1.807) is 12.1 Å². The zero-order valence-corrected chi connectivity index (χ0v) is 12.3. The smallest absolute Gasteiger partial charge is 0.271 e. The Hall–Kier alpha value is -1.37. The molecule has 4 N–H and O–H groups in total. The van der Waals surface area contributed by atoms with Crippen LogP contribution in [0, 0.1) is 5.92 Å². The number of rotatable bonds is 5. The summed E-state index contributed by atoms with van der Waals surface area (Å²) in [7, 11) is 0. The highest BCUT2D eigenvalue weighted by Gasteiger charge is 2.22. The molecule has 1 aliphatic rings. The molecule has 1 aromatic rings. The minimum atomic E-state index is -0.262. The van der Waals surface area contributed by atoms with Crippen molar-refractivity contribution in [2.75, 3.05) is 31.6 Å². The Morgan fingerprint density at radius 1 is 1.60 bits per heavy atom. The van der Waals surface area contributed by atoms with Gasteiger partial charge in [0.1, 0.15) is 11.5 Å². The molecule has 2 rings (SSSR count). The van der Waals surface area contributed by atoms with Gasteiger partial charge in [-0.3, -0.25) is 4.79 Å². The van der Waals surface area contributed by atoms with Gasteiger partial charge in [-0.05, 0) is 37.6 Å². The molecule has 0 radical (unpaired) electrons. The van der Waals surface area contributed by atoms with E-state index in [-0.39, 0.29) is 11.6 Å². The Balaban J connectivity index is 1.92. The van der Waals surface area contributed by atoms with Crippen molar-refractivity contribution >= 4 is 23.3 Å². The van der Waals surface area contributed by atoms with Gasteiger partial charge in [0.25, 0.3) is 5.91 Å². The van der Waals surface area contributed by atoms with Gasteiger partial charge in [-0.1, -0.05) is 18.5 Å². The topological polar surface area (TPSA) is 83.3 Å². The SMILES string of the molecule is CCN1CCC(CNC(=O)c2nc(NN)ccc2Cl)C1. The largest absolute Gasteiger partial charge is 0.350 e. The maximum Gasteiger partial charge on any atom is 0.271 e. The number of likely N-dealkylation sites (tertiary alicyclic amines) is 1. The highest BCUT2D eigenvalue weighted by atomic mass is 35.5. The Labute approximate surface area is 123 Å². The summed E-state index contributed by atoms with van der Waals surface area (Å²) < 4.78 is 0. The lowest BCUT2D eigenvalue weighted by Gasteiger charge is -2.14. The van der Waals surface area contributed by atoms with Gasteiger partial charge in [0, 0.05) is 13.1 Å². The van der Waals surface area contributed by atoms with Crippen LogP contribution in [-0.2, 0) is 0 Å². The third kappa shape index (κ3) is 3.59. The fraction of sp³-hybridized carbons (Fsp3) is 0.538. The summed E-state index contributed by atoms with van der Waals surface area (Å²) in [5, 5.41) is 3.22. The summed E-state index contributed by atoms with van der Waals surface area (Å²) >= 11 is 5.99. The van der Waals surface area contributed by atoms with Crippen LogP contribution in [0.3, 0.4) is 0 Å². The minimum absolute atomic E-state index is 0.201. The first-order chi connectivity index (χ1) is 9.63. The molecule has 1 saturated heterocycles. The molecule has 1 amide bonds. The Morgan fingerprint density at radius 3 is 3.05 bits per heavy atom. The molecule has 110 valence electrons. The summed E-state index contributed by atoms with van der Waals surface area (Å²) in [6.45, 7) is 5.98. The first kappa shape index (κ1) is 15.0. The normalized spacial score (nSPS) is 19.1. The van der Waals surface area contributed by atoms with Gasteiger partial charge >= 0.3 is 0 Å². The standard InChI is InChI=1S/C13H20ClN5O/c1-2-19-6-5-9(8-19)7-16-13(20)12-10(14)3-4-11(17-12)18-15/h3-4,9H,2,5-8,15H2,1H3,(H,16,20)(H,17,18). The lowest BCUT2D eigenvalue weighted by Crippen LogP contribution is -2.31. The van der Waals surface area contributed by atoms with Crippen molar-refractivity contribution in [2.24, 2.45) is 11.8 Å². The second kappa shape index (κ2) is 6.88. The van der Waals surface area contributed by atoms with Crippen LogP contribution in [-0.4, -0.2) is 42.0 Å². The van der Waals surface area contributed by atoms with Crippen molar-refractivity contribution in [1.82, 2.24) is 15.2 Å². The van der Waals surface area contributed by atoms with E-state index < -0.39 is 0 Å². The van der Waals surface area contributed by atoms with Gasteiger partial charge in [0.05, 0.1) is 5.02 Å². The number of aromatic nitrogens is 1. The summed E-state index contributed by atoms with van der Waals surface area (Å²) in [5.74, 6) is 5.93. The molecule has 0 spiro atoms. The molecule has 2 heterocycles. The number of hydrogen-bond acceptors (Lipinski definition) is 5. The minimum Gasteiger partial charge on any atom is -0.350 e. The summed E-state index contributed by atoms with van der Waals surface area (Å²) in [5.41, 5.74) is 2.60. The summed E-state index contributed by atoms with van der Waals surface area (Å²) in [4.78, 5) is 18.6. The first-order valence-corrected chi connectivity index (χ1v) is 7.15. The van der Waals surface area contributed by atoms with Crippen LogP contribution in [0.25, 0.3) is 0 Å². The second-order valence-electron chi connectivity index (χ2n) is 4.93. The number of hydrazine groups is 1. The number of carbonyl (C=O) groups excluding carboxylic acids is 1. The van der Waals surface area contributed by atoms with E-state index in [1.165, 1.54) is 0 Å². The molecule has 1 atom stereocenters. The van der Waals surface area contributed by atoms with Gasteiger partial charge in [-0.25, -0.2) is 10.8 Å². The molecular weight excluding hydrogens is 278 g/mol. The number of carbonyl (C=O) groups is 1. The Bertz CT molecular complexity index is 482. The van der Waals surface area contributed by atoms with E-state index in [0.29, 0.717) is 23.3 Å². The lowest BCUT2D eigenvalue weighted by molar-refractivity contribution is 0.0942. The molecule has 0 aromatic carbocycles. The van der Waals surface area contributed by atoms with Crippen molar-refractivity contribution in [3.05, 3.63) is 22.8 Å². The number of anilines is 1. The van der Waals surface area contributed by atoms with Gasteiger partial charge < -0.3 is 15.6 Å². The van der Waals surface area contributed by atoms with Crippen molar-refractivity contribution < 1.29 is 4.79 Å². The van der Waals surface area contributed by atoms with Gasteiger partial charge in [0.2, 0.25) is 0 Å². The zero-order chi connectivity index (χ0) is 14.5. The molecule has 0 bridgehead atoms. The van der Waals surface area contributed by atoms with Crippen LogP contribution in [0.5, 0.6) is 0 Å². The van der Waals surface area contributed by atoms with E-state index in [9.17, 15) is 4.79 Å². The maximum absolute atomic E-state index is 12.1. The van der Waals surface area contributed by atoms with E-state index in [1.807, 2.05) is 0 Å². The fourth-order valence-electron chi connectivity index (χ4n) is 2.37. The lowest BCUT2D eigenvalue weighted by atomic mass is 10.1. The molecular formula is C13H20ClN5O. The third-order valence-corrected chi connectivity index (χ3v) is 3.88. The first-order valence-electron chi connectivity index (χ1n) is 6.77. The van der Waals surface area contributed by atoms with E-state index >= 15 is 0 Å². The number of nitrogens with one attached hydrogen (secondary N) is 2. The van der Waals surface area contributed by atoms with Crippen LogP contribution in [0.2, 0.25) is 5.02 Å². The van der Waals surface area contributed by atoms with Crippen LogP contribution in [0.1, 0.15) is 23.8 Å². The number of hydrogen-bond donors (Lipinski definition) is 3. The van der Waals surface area contributed by atoms with Gasteiger partial charge in [-0.15, -0.1) is 0 Å². The molecule has 0 saturated carbocycles. The van der Waals surface area contributed by atoms with E-state index in [0.717, 1.165) is 26.1 Å². The monoisotopic (exact) mass is 297 g/mol. The Kier molecular flexibility index (Phi) is 5.17. The number of nitrogen functional groups attached to an aromatic ring is 1. The quantitative estimate of drug-likeness (QED) is 0.560. The molecule has 7 heteroatoms. The van der Waals surface area contributed by atoms with Crippen LogP contribution in [0.4, 0.5) is 5.82 Å². The number of pyridine rings is 1. The summed E-state index contributed by atoms with van der Waals surface area (Å²) in [6.07, 6.45) is 1.11. The van der Waals surface area contributed by atoms with Crippen molar-refractivity contribution in [3.63, 3.8) is 0 Å². The number of halogens is 1. The van der Waals surface area contributed by atoms with Crippen LogP contribution in [0.15, 0.2) is 12.1 Å². The summed E-state index contributed by atoms with van der Waals surface area (Å²) in [6, 6.07) is 3.22. The Morgan fingerprint density at radius 2 is 2.40 bits per heavy atom. The molecule has 1 aromatic heterocycles. The predicted molar refractivity (Wildman–Crippen MR) is 79.6 cm³/mol.